The standard InChI is InChI=1S/C10H13AsO4/c11-8-3-1-7(2-4-8)10(14)15-6-9(13)5-12/h1-4,9,12-13H,5-6,11H2. The minimum absolute atomic E-state index is 0.187. The molecule has 0 aromatic heterocycles. The molecule has 0 saturated heterocycles. The summed E-state index contributed by atoms with van der Waals surface area (Å²) in [4.78, 5) is 11.4. The van der Waals surface area contributed by atoms with Gasteiger partial charge in [0.2, 0.25) is 0 Å². The normalized spacial score (nSPS) is 12.2. The second-order valence-corrected chi connectivity index (χ2v) is 4.46. The van der Waals surface area contributed by atoms with Crippen molar-refractivity contribution in [3.05, 3.63) is 29.8 Å². The molecule has 0 radical (unpaired) electrons. The predicted molar refractivity (Wildman–Crippen MR) is 58.0 cm³/mol. The van der Waals surface area contributed by atoms with Gasteiger partial charge in [-0.15, -0.1) is 0 Å². The summed E-state index contributed by atoms with van der Waals surface area (Å²) in [6.45, 7) is -0.600. The van der Waals surface area contributed by atoms with Crippen molar-refractivity contribution in [1.82, 2.24) is 0 Å². The van der Waals surface area contributed by atoms with Gasteiger partial charge in [0.15, 0.2) is 0 Å². The van der Waals surface area contributed by atoms with Crippen LogP contribution in [0.3, 0.4) is 0 Å². The first-order chi connectivity index (χ1) is 7.13. The fourth-order valence-corrected chi connectivity index (χ4v) is 1.33. The molecule has 0 bridgehead atoms. The Morgan fingerprint density at radius 1 is 1.40 bits per heavy atom. The maximum atomic E-state index is 11.4. The van der Waals surface area contributed by atoms with Gasteiger partial charge >= 0.3 is 96.1 Å². The van der Waals surface area contributed by atoms with Gasteiger partial charge in [0.1, 0.15) is 0 Å². The van der Waals surface area contributed by atoms with Gasteiger partial charge in [-0.3, -0.25) is 0 Å². The van der Waals surface area contributed by atoms with Crippen LogP contribution in [0.5, 0.6) is 0 Å². The molecular weight excluding hydrogens is 259 g/mol. The molecule has 0 aliphatic heterocycles. The Hall–Kier alpha value is -0.832. The number of hydrogen-bond acceptors (Lipinski definition) is 4. The SMILES string of the molecule is O=C(OCC(O)CO)c1ccc([AsH2])cc1. The van der Waals surface area contributed by atoms with Gasteiger partial charge < -0.3 is 0 Å². The van der Waals surface area contributed by atoms with E-state index in [1.807, 2.05) is 12.1 Å². The fourth-order valence-electron chi connectivity index (χ4n) is 0.927. The number of esters is 1. The van der Waals surface area contributed by atoms with E-state index in [4.69, 9.17) is 14.9 Å². The predicted octanol–water partition coefficient (Wildman–Crippen LogP) is -1.55. The van der Waals surface area contributed by atoms with E-state index in [2.05, 4.69) is 0 Å². The number of carbonyl (C=O) groups excluding carboxylic acids is 1. The Kier molecular flexibility index (Phi) is 4.82. The van der Waals surface area contributed by atoms with E-state index in [0.29, 0.717) is 5.56 Å². The Labute approximate surface area is 96.4 Å². The molecule has 15 heavy (non-hydrogen) atoms. The summed E-state index contributed by atoms with van der Waals surface area (Å²) in [5.74, 6) is -0.491. The maximum absolute atomic E-state index is 11.4. The van der Waals surface area contributed by atoms with Crippen LogP contribution >= 0.6 is 0 Å². The van der Waals surface area contributed by atoms with Gasteiger partial charge in [-0.25, -0.2) is 0 Å². The van der Waals surface area contributed by atoms with Gasteiger partial charge in [0.05, 0.1) is 0 Å². The molecule has 2 N–H and O–H groups in total. The number of benzene rings is 1. The first-order valence-electron chi connectivity index (χ1n) is 4.45. The third-order valence-corrected chi connectivity index (χ3v) is 2.57. The van der Waals surface area contributed by atoms with Crippen molar-refractivity contribution in [1.29, 1.82) is 0 Å². The molecule has 1 rings (SSSR count). The number of hydrogen-bond donors (Lipinski definition) is 2. The van der Waals surface area contributed by atoms with Crippen LogP contribution in [0.15, 0.2) is 24.3 Å². The number of aliphatic hydroxyl groups is 2. The van der Waals surface area contributed by atoms with Crippen LogP contribution in [0.25, 0.3) is 0 Å². The van der Waals surface area contributed by atoms with Crippen molar-refractivity contribution in [2.75, 3.05) is 13.2 Å². The number of carbonyl (C=O) groups is 1. The summed E-state index contributed by atoms with van der Waals surface area (Å²) in [5.41, 5.74) is 0.446. The van der Waals surface area contributed by atoms with Gasteiger partial charge in [-0.2, -0.15) is 0 Å². The van der Waals surface area contributed by atoms with E-state index in [1.54, 1.807) is 12.1 Å². The summed E-state index contributed by atoms with van der Waals surface area (Å²) in [6.07, 6.45) is -1.01. The first-order valence-corrected chi connectivity index (χ1v) is 5.66. The minimum atomic E-state index is -1.01. The summed E-state index contributed by atoms with van der Waals surface area (Å²) in [5, 5.41) is 17.5. The zero-order valence-electron chi connectivity index (χ0n) is 8.09. The molecule has 0 amide bonds. The van der Waals surface area contributed by atoms with Crippen LogP contribution in [-0.4, -0.2) is 52.4 Å². The van der Waals surface area contributed by atoms with Crippen molar-refractivity contribution in [3.63, 3.8) is 0 Å². The molecule has 0 aliphatic rings. The zero-order chi connectivity index (χ0) is 11.3. The Bertz CT molecular complexity index is 323. The number of ether oxygens (including phenoxy) is 1. The van der Waals surface area contributed by atoms with E-state index in [0.717, 1.165) is 4.35 Å². The van der Waals surface area contributed by atoms with Crippen LogP contribution in [0.1, 0.15) is 10.4 Å². The average Bonchev–Trinajstić information content (AvgIpc) is 2.26. The average molecular weight is 272 g/mol. The first kappa shape index (κ1) is 12.2. The van der Waals surface area contributed by atoms with Crippen LogP contribution in [0, 0.1) is 0 Å². The second-order valence-electron chi connectivity index (χ2n) is 3.06. The van der Waals surface area contributed by atoms with Crippen molar-refractivity contribution in [3.8, 4) is 0 Å². The number of aliphatic hydroxyl groups excluding tert-OH is 2. The monoisotopic (exact) mass is 272 g/mol. The van der Waals surface area contributed by atoms with E-state index in [-0.39, 0.29) is 6.61 Å². The summed E-state index contributed by atoms with van der Waals surface area (Å²) < 4.78 is 5.90. The molecule has 0 aliphatic carbocycles. The van der Waals surface area contributed by atoms with Crippen molar-refractivity contribution < 1.29 is 19.7 Å². The molecule has 0 spiro atoms. The Morgan fingerprint density at radius 3 is 2.53 bits per heavy atom. The van der Waals surface area contributed by atoms with Crippen molar-refractivity contribution in [2.45, 2.75) is 6.10 Å². The third-order valence-electron chi connectivity index (χ3n) is 1.76. The topological polar surface area (TPSA) is 66.8 Å². The number of rotatable bonds is 4. The Balaban J connectivity index is 2.50. The molecule has 0 saturated carbocycles. The molecular formula is C10H13AsO4. The summed E-state index contributed by atoms with van der Waals surface area (Å²) in [6, 6.07) is 7.01. The van der Waals surface area contributed by atoms with Crippen molar-refractivity contribution >= 4 is 27.2 Å². The van der Waals surface area contributed by atoms with Crippen LogP contribution in [0.4, 0.5) is 0 Å². The molecule has 2 unspecified atom stereocenters. The molecule has 1 aromatic carbocycles. The molecule has 0 fully saturated rings. The third kappa shape index (κ3) is 4.04. The Morgan fingerprint density at radius 2 is 2.00 bits per heavy atom. The van der Waals surface area contributed by atoms with Crippen LogP contribution in [-0.2, 0) is 4.74 Å². The van der Waals surface area contributed by atoms with E-state index in [1.165, 1.54) is 16.9 Å². The summed E-state index contributed by atoms with van der Waals surface area (Å²) >= 11 is 1.48. The van der Waals surface area contributed by atoms with Gasteiger partial charge in [-0.1, -0.05) is 0 Å². The van der Waals surface area contributed by atoms with Gasteiger partial charge in [-0.05, 0) is 0 Å². The molecule has 1 aromatic rings. The van der Waals surface area contributed by atoms with E-state index in [9.17, 15) is 4.79 Å². The van der Waals surface area contributed by atoms with Crippen LogP contribution < -0.4 is 4.35 Å². The quantitative estimate of drug-likeness (QED) is 0.515. The molecule has 5 heteroatoms. The van der Waals surface area contributed by atoms with E-state index >= 15 is 0 Å². The van der Waals surface area contributed by atoms with Crippen molar-refractivity contribution in [2.24, 2.45) is 0 Å². The summed E-state index contributed by atoms with van der Waals surface area (Å²) in [7, 11) is 0. The van der Waals surface area contributed by atoms with Gasteiger partial charge in [0.25, 0.3) is 0 Å². The fraction of sp³-hybridized carbons (Fsp3) is 0.300. The zero-order valence-corrected chi connectivity index (χ0v) is 10.5. The van der Waals surface area contributed by atoms with Crippen LogP contribution in [0.2, 0.25) is 0 Å². The van der Waals surface area contributed by atoms with E-state index < -0.39 is 18.7 Å². The van der Waals surface area contributed by atoms with Gasteiger partial charge in [0, 0.05) is 0 Å². The second kappa shape index (κ2) is 5.91. The molecule has 82 valence electrons. The molecule has 2 atom stereocenters. The molecule has 0 heterocycles. The molecule has 4 nitrogen and oxygen atoms in total.